The lowest BCUT2D eigenvalue weighted by Crippen LogP contribution is -2.37. The summed E-state index contributed by atoms with van der Waals surface area (Å²) in [5, 5.41) is 3.69. The van der Waals surface area contributed by atoms with E-state index in [0.29, 0.717) is 12.1 Å². The minimum absolute atomic E-state index is 0.433. The third kappa shape index (κ3) is 5.44. The van der Waals surface area contributed by atoms with Crippen LogP contribution in [0.5, 0.6) is 0 Å². The van der Waals surface area contributed by atoms with Crippen LogP contribution in [0.2, 0.25) is 0 Å². The SMILES string of the molecule is CCCNC(Cc1nccn1CCC)CC1CCCCO1. The molecule has 0 radical (unpaired) electrons. The molecule has 1 aromatic rings. The van der Waals surface area contributed by atoms with Crippen LogP contribution >= 0.6 is 0 Å². The van der Waals surface area contributed by atoms with Crippen molar-refractivity contribution in [3.8, 4) is 0 Å². The summed E-state index contributed by atoms with van der Waals surface area (Å²) in [6.07, 6.45) is 12.7. The summed E-state index contributed by atoms with van der Waals surface area (Å²) in [5.41, 5.74) is 0. The van der Waals surface area contributed by atoms with Gasteiger partial charge in [0.25, 0.3) is 0 Å². The first kappa shape index (κ1) is 16.5. The molecule has 2 rings (SSSR count). The molecule has 0 spiro atoms. The number of hydrogen-bond donors (Lipinski definition) is 1. The van der Waals surface area contributed by atoms with E-state index in [9.17, 15) is 0 Å². The van der Waals surface area contributed by atoms with Gasteiger partial charge in [-0.3, -0.25) is 0 Å². The Morgan fingerprint density at radius 3 is 3.00 bits per heavy atom. The molecule has 1 aliphatic heterocycles. The molecule has 2 unspecified atom stereocenters. The largest absolute Gasteiger partial charge is 0.378 e. The molecule has 1 aromatic heterocycles. The fourth-order valence-corrected chi connectivity index (χ4v) is 3.09. The molecule has 2 heterocycles. The Morgan fingerprint density at radius 1 is 1.38 bits per heavy atom. The van der Waals surface area contributed by atoms with Crippen LogP contribution in [-0.4, -0.2) is 34.8 Å². The zero-order valence-corrected chi connectivity index (χ0v) is 13.7. The van der Waals surface area contributed by atoms with Crippen molar-refractivity contribution in [3.05, 3.63) is 18.2 Å². The van der Waals surface area contributed by atoms with Crippen molar-refractivity contribution in [2.45, 2.75) is 77.5 Å². The molecule has 0 bridgehead atoms. The highest BCUT2D eigenvalue weighted by Gasteiger charge is 2.20. The van der Waals surface area contributed by atoms with Gasteiger partial charge in [0.05, 0.1) is 6.10 Å². The van der Waals surface area contributed by atoms with E-state index in [4.69, 9.17) is 4.74 Å². The van der Waals surface area contributed by atoms with Crippen molar-refractivity contribution in [1.82, 2.24) is 14.9 Å². The van der Waals surface area contributed by atoms with Crippen LogP contribution < -0.4 is 5.32 Å². The highest BCUT2D eigenvalue weighted by atomic mass is 16.5. The van der Waals surface area contributed by atoms with Crippen molar-refractivity contribution in [2.24, 2.45) is 0 Å². The van der Waals surface area contributed by atoms with Crippen LogP contribution in [0.3, 0.4) is 0 Å². The molecule has 21 heavy (non-hydrogen) atoms. The number of nitrogens with one attached hydrogen (secondary N) is 1. The standard InChI is InChI=1S/C17H31N3O/c1-3-8-18-15(13-16-7-5-6-12-21-16)14-17-19-9-11-20(17)10-4-2/h9,11,15-16,18H,3-8,10,12-14H2,1-2H3. The average molecular weight is 293 g/mol. The van der Waals surface area contributed by atoms with Crippen LogP contribution in [0, 0.1) is 0 Å². The monoisotopic (exact) mass is 293 g/mol. The minimum atomic E-state index is 0.433. The normalized spacial score (nSPS) is 20.6. The topological polar surface area (TPSA) is 39.1 Å². The molecule has 120 valence electrons. The Hall–Kier alpha value is -0.870. The maximum absolute atomic E-state index is 5.92. The molecular weight excluding hydrogens is 262 g/mol. The number of ether oxygens (including phenoxy) is 1. The van der Waals surface area contributed by atoms with Gasteiger partial charge in [0.1, 0.15) is 5.82 Å². The Morgan fingerprint density at radius 2 is 2.29 bits per heavy atom. The summed E-state index contributed by atoms with van der Waals surface area (Å²) in [4.78, 5) is 4.56. The molecule has 0 aliphatic carbocycles. The van der Waals surface area contributed by atoms with Gasteiger partial charge in [0.2, 0.25) is 0 Å². The Balaban J connectivity index is 1.92. The number of imidazole rings is 1. The van der Waals surface area contributed by atoms with E-state index >= 15 is 0 Å². The molecule has 0 amide bonds. The number of nitrogens with zero attached hydrogens (tertiary/aromatic N) is 2. The predicted molar refractivity (Wildman–Crippen MR) is 86.5 cm³/mol. The van der Waals surface area contributed by atoms with Crippen LogP contribution in [0.25, 0.3) is 0 Å². The van der Waals surface area contributed by atoms with Crippen molar-refractivity contribution in [1.29, 1.82) is 0 Å². The number of rotatable bonds is 9. The second kappa shape index (κ2) is 9.21. The molecule has 4 nitrogen and oxygen atoms in total. The summed E-state index contributed by atoms with van der Waals surface area (Å²) in [6.45, 7) is 7.52. The van der Waals surface area contributed by atoms with Gasteiger partial charge >= 0.3 is 0 Å². The van der Waals surface area contributed by atoms with E-state index in [2.05, 4.69) is 34.9 Å². The van der Waals surface area contributed by atoms with Gasteiger partial charge < -0.3 is 14.6 Å². The van der Waals surface area contributed by atoms with E-state index in [1.807, 2.05) is 6.20 Å². The Bertz CT molecular complexity index is 385. The molecular formula is C17H31N3O. The summed E-state index contributed by atoms with van der Waals surface area (Å²) in [6, 6.07) is 0.478. The average Bonchev–Trinajstić information content (AvgIpc) is 2.93. The van der Waals surface area contributed by atoms with Crippen LogP contribution in [0.4, 0.5) is 0 Å². The van der Waals surface area contributed by atoms with Gasteiger partial charge in [-0.25, -0.2) is 4.98 Å². The Labute approximate surface area is 129 Å². The number of aryl methyl sites for hydroxylation is 1. The Kier molecular flexibility index (Phi) is 7.24. The molecule has 1 aliphatic rings. The third-order valence-corrected chi connectivity index (χ3v) is 4.20. The highest BCUT2D eigenvalue weighted by molar-refractivity contribution is 4.96. The maximum atomic E-state index is 5.92. The predicted octanol–water partition coefficient (Wildman–Crippen LogP) is 3.16. The van der Waals surface area contributed by atoms with Gasteiger partial charge in [0.15, 0.2) is 0 Å². The second-order valence-corrected chi connectivity index (χ2v) is 6.12. The van der Waals surface area contributed by atoms with E-state index in [1.54, 1.807) is 0 Å². The first-order chi connectivity index (χ1) is 10.3. The molecule has 0 aromatic carbocycles. The lowest BCUT2D eigenvalue weighted by Gasteiger charge is -2.27. The molecule has 1 fully saturated rings. The van der Waals surface area contributed by atoms with Gasteiger partial charge in [-0.15, -0.1) is 0 Å². The van der Waals surface area contributed by atoms with Crippen LogP contribution in [0.15, 0.2) is 12.4 Å². The smallest absolute Gasteiger partial charge is 0.110 e. The first-order valence-electron chi connectivity index (χ1n) is 8.68. The summed E-state index contributed by atoms with van der Waals surface area (Å²) >= 11 is 0. The van der Waals surface area contributed by atoms with Crippen molar-refractivity contribution in [3.63, 3.8) is 0 Å². The fourth-order valence-electron chi connectivity index (χ4n) is 3.09. The third-order valence-electron chi connectivity index (χ3n) is 4.20. The quantitative estimate of drug-likeness (QED) is 0.760. The lowest BCUT2D eigenvalue weighted by molar-refractivity contribution is 0.00511. The van der Waals surface area contributed by atoms with Gasteiger partial charge in [0, 0.05) is 38.0 Å². The highest BCUT2D eigenvalue weighted by Crippen LogP contribution is 2.18. The minimum Gasteiger partial charge on any atom is -0.378 e. The van der Waals surface area contributed by atoms with Gasteiger partial charge in [-0.05, 0) is 45.1 Å². The molecule has 0 saturated carbocycles. The van der Waals surface area contributed by atoms with Gasteiger partial charge in [-0.1, -0.05) is 13.8 Å². The second-order valence-electron chi connectivity index (χ2n) is 6.12. The molecule has 1 saturated heterocycles. The van der Waals surface area contributed by atoms with E-state index < -0.39 is 0 Å². The van der Waals surface area contributed by atoms with E-state index in [-0.39, 0.29) is 0 Å². The summed E-state index contributed by atoms with van der Waals surface area (Å²) in [7, 11) is 0. The molecule has 1 N–H and O–H groups in total. The fraction of sp³-hybridized carbons (Fsp3) is 0.824. The zero-order valence-electron chi connectivity index (χ0n) is 13.7. The first-order valence-corrected chi connectivity index (χ1v) is 8.68. The molecule has 4 heteroatoms. The number of hydrogen-bond acceptors (Lipinski definition) is 3. The number of aromatic nitrogens is 2. The van der Waals surface area contributed by atoms with Gasteiger partial charge in [-0.2, -0.15) is 0 Å². The maximum Gasteiger partial charge on any atom is 0.110 e. The van der Waals surface area contributed by atoms with Crippen molar-refractivity contribution in [2.75, 3.05) is 13.2 Å². The van der Waals surface area contributed by atoms with Crippen LogP contribution in [0.1, 0.15) is 58.2 Å². The summed E-state index contributed by atoms with van der Waals surface area (Å²) in [5.74, 6) is 1.21. The van der Waals surface area contributed by atoms with Crippen molar-refractivity contribution < 1.29 is 4.74 Å². The zero-order chi connectivity index (χ0) is 14.9. The lowest BCUT2D eigenvalue weighted by atomic mass is 9.99. The van der Waals surface area contributed by atoms with Crippen molar-refractivity contribution >= 4 is 0 Å². The van der Waals surface area contributed by atoms with E-state index in [0.717, 1.165) is 39.0 Å². The summed E-state index contributed by atoms with van der Waals surface area (Å²) < 4.78 is 8.21. The van der Waals surface area contributed by atoms with E-state index in [1.165, 1.54) is 31.5 Å². The van der Waals surface area contributed by atoms with Crippen LogP contribution in [-0.2, 0) is 17.7 Å². The molecule has 2 atom stereocenters.